The maximum absolute atomic E-state index is 13.4. The Morgan fingerprint density at radius 3 is 1.91 bits per heavy atom. The zero-order chi connectivity index (χ0) is 24.8. The standard InChI is InChI=1S/C28H29F2NO4/c29-23-7-1-21(2-8-23)28(22-3-9-24(30)10-4-22)35-18-26(33)17-31-15-13-20(14-16-31)27(34)19-5-11-25(32)12-6-19/h1-12,20,26,28,32-33H,13-18H2. The molecule has 184 valence electrons. The van der Waals surface area contributed by atoms with Crippen LogP contribution in [-0.4, -0.2) is 53.2 Å². The first-order valence-electron chi connectivity index (χ1n) is 11.8. The molecule has 1 saturated heterocycles. The third kappa shape index (κ3) is 6.72. The minimum Gasteiger partial charge on any atom is -0.508 e. The molecule has 0 bridgehead atoms. The topological polar surface area (TPSA) is 70.0 Å². The normalized spacial score (nSPS) is 15.9. The lowest BCUT2D eigenvalue weighted by molar-refractivity contribution is -0.0120. The van der Waals surface area contributed by atoms with E-state index in [4.69, 9.17) is 4.74 Å². The number of Topliss-reactive ketones (excluding diaryl/α,β-unsaturated/α-hetero) is 1. The number of piperidine rings is 1. The smallest absolute Gasteiger partial charge is 0.166 e. The quantitative estimate of drug-likeness (QED) is 0.433. The van der Waals surface area contributed by atoms with E-state index in [1.807, 2.05) is 0 Å². The molecule has 7 heteroatoms. The number of likely N-dealkylation sites (tertiary alicyclic amines) is 1. The van der Waals surface area contributed by atoms with Gasteiger partial charge >= 0.3 is 0 Å². The molecule has 35 heavy (non-hydrogen) atoms. The predicted octanol–water partition coefficient (Wildman–Crippen LogP) is 4.73. The molecule has 4 rings (SSSR count). The third-order valence-corrected chi connectivity index (χ3v) is 6.38. The summed E-state index contributed by atoms with van der Waals surface area (Å²) in [6, 6.07) is 18.2. The molecule has 1 unspecified atom stereocenters. The van der Waals surface area contributed by atoms with E-state index in [-0.39, 0.29) is 35.7 Å². The van der Waals surface area contributed by atoms with E-state index in [1.165, 1.54) is 36.4 Å². The van der Waals surface area contributed by atoms with Crippen LogP contribution in [0.25, 0.3) is 0 Å². The minimum absolute atomic E-state index is 0.0474. The lowest BCUT2D eigenvalue weighted by atomic mass is 9.89. The molecule has 1 atom stereocenters. The van der Waals surface area contributed by atoms with Gasteiger partial charge in [0.15, 0.2) is 5.78 Å². The van der Waals surface area contributed by atoms with Gasteiger partial charge in [-0.2, -0.15) is 0 Å². The van der Waals surface area contributed by atoms with Crippen LogP contribution < -0.4 is 0 Å². The third-order valence-electron chi connectivity index (χ3n) is 6.38. The first-order chi connectivity index (χ1) is 16.9. The number of aliphatic hydroxyl groups excluding tert-OH is 1. The number of ketones is 1. The van der Waals surface area contributed by atoms with Crippen molar-refractivity contribution >= 4 is 5.78 Å². The van der Waals surface area contributed by atoms with Gasteiger partial charge in [-0.1, -0.05) is 24.3 Å². The number of phenols is 1. The Balaban J connectivity index is 1.30. The first kappa shape index (κ1) is 25.0. The van der Waals surface area contributed by atoms with Crippen molar-refractivity contribution in [3.63, 3.8) is 0 Å². The van der Waals surface area contributed by atoms with Crippen LogP contribution in [0.5, 0.6) is 5.75 Å². The van der Waals surface area contributed by atoms with Crippen molar-refractivity contribution in [3.05, 3.63) is 101 Å². The number of benzene rings is 3. The summed E-state index contributed by atoms with van der Waals surface area (Å²) in [5.41, 5.74) is 2.01. The zero-order valence-corrected chi connectivity index (χ0v) is 19.3. The first-order valence-corrected chi connectivity index (χ1v) is 11.8. The van der Waals surface area contributed by atoms with E-state index < -0.39 is 12.2 Å². The fourth-order valence-electron chi connectivity index (χ4n) is 4.46. The van der Waals surface area contributed by atoms with Gasteiger partial charge in [0, 0.05) is 18.0 Å². The summed E-state index contributed by atoms with van der Waals surface area (Å²) in [7, 11) is 0. The second-order valence-electron chi connectivity index (χ2n) is 8.96. The molecular formula is C28H29F2NO4. The molecule has 1 fully saturated rings. The van der Waals surface area contributed by atoms with Crippen molar-refractivity contribution in [2.45, 2.75) is 25.0 Å². The number of β-amino-alcohol motifs (C(OH)–C–C–N with tert-alkyl or cyclic N) is 1. The molecule has 1 heterocycles. The summed E-state index contributed by atoms with van der Waals surface area (Å²) >= 11 is 0. The van der Waals surface area contributed by atoms with E-state index in [1.54, 1.807) is 36.4 Å². The van der Waals surface area contributed by atoms with Crippen molar-refractivity contribution in [2.75, 3.05) is 26.2 Å². The molecule has 0 aromatic heterocycles. The number of ether oxygens (including phenoxy) is 1. The van der Waals surface area contributed by atoms with E-state index >= 15 is 0 Å². The summed E-state index contributed by atoms with van der Waals surface area (Å²) in [5.74, 6) is -0.591. The van der Waals surface area contributed by atoms with Gasteiger partial charge in [-0.15, -0.1) is 0 Å². The number of aliphatic hydroxyl groups is 1. The Morgan fingerprint density at radius 1 is 0.886 bits per heavy atom. The summed E-state index contributed by atoms with van der Waals surface area (Å²) in [6.45, 7) is 1.82. The Hall–Kier alpha value is -3.13. The molecule has 0 amide bonds. The second-order valence-corrected chi connectivity index (χ2v) is 8.96. The van der Waals surface area contributed by atoms with Crippen LogP contribution >= 0.6 is 0 Å². The summed E-state index contributed by atoms with van der Waals surface area (Å²) in [6.07, 6.45) is 0.0598. The van der Waals surface area contributed by atoms with Crippen molar-refractivity contribution in [2.24, 2.45) is 5.92 Å². The largest absolute Gasteiger partial charge is 0.508 e. The molecule has 3 aromatic carbocycles. The summed E-state index contributed by atoms with van der Waals surface area (Å²) in [4.78, 5) is 14.8. The highest BCUT2D eigenvalue weighted by Crippen LogP contribution is 2.27. The number of hydrogen-bond acceptors (Lipinski definition) is 5. The van der Waals surface area contributed by atoms with Gasteiger partial charge in [0.05, 0.1) is 12.7 Å². The van der Waals surface area contributed by atoms with Gasteiger partial charge in [0.2, 0.25) is 0 Å². The highest BCUT2D eigenvalue weighted by atomic mass is 19.1. The van der Waals surface area contributed by atoms with Gasteiger partial charge in [0.1, 0.15) is 23.5 Å². The molecule has 1 aliphatic heterocycles. The fourth-order valence-corrected chi connectivity index (χ4v) is 4.46. The zero-order valence-electron chi connectivity index (χ0n) is 19.3. The number of nitrogens with zero attached hydrogens (tertiary/aromatic N) is 1. The van der Waals surface area contributed by atoms with Crippen molar-refractivity contribution in [1.82, 2.24) is 4.90 Å². The highest BCUT2D eigenvalue weighted by Gasteiger charge is 2.27. The van der Waals surface area contributed by atoms with Gasteiger partial charge in [0.25, 0.3) is 0 Å². The summed E-state index contributed by atoms with van der Waals surface area (Å²) in [5, 5.41) is 20.0. The second kappa shape index (κ2) is 11.5. The maximum Gasteiger partial charge on any atom is 0.166 e. The molecule has 0 radical (unpaired) electrons. The molecule has 1 aliphatic rings. The van der Waals surface area contributed by atoms with Crippen molar-refractivity contribution in [3.8, 4) is 5.75 Å². The molecule has 5 nitrogen and oxygen atoms in total. The van der Waals surface area contributed by atoms with Crippen molar-refractivity contribution < 1.29 is 28.5 Å². The van der Waals surface area contributed by atoms with E-state index in [9.17, 15) is 23.8 Å². The lowest BCUT2D eigenvalue weighted by Gasteiger charge is -2.32. The molecule has 0 saturated carbocycles. The Labute approximate surface area is 203 Å². The van der Waals surface area contributed by atoms with Crippen LogP contribution in [0, 0.1) is 17.6 Å². The minimum atomic E-state index is -0.761. The molecule has 0 spiro atoms. The van der Waals surface area contributed by atoms with Crippen LogP contribution in [0.2, 0.25) is 0 Å². The van der Waals surface area contributed by atoms with Gasteiger partial charge in [-0.3, -0.25) is 4.79 Å². The number of carbonyl (C=O) groups excluding carboxylic acids is 1. The van der Waals surface area contributed by atoms with Crippen LogP contribution in [-0.2, 0) is 4.74 Å². The molecule has 2 N–H and O–H groups in total. The Morgan fingerprint density at radius 2 is 1.40 bits per heavy atom. The average Bonchev–Trinajstić information content (AvgIpc) is 2.87. The molecule has 3 aromatic rings. The van der Waals surface area contributed by atoms with E-state index in [0.717, 1.165) is 0 Å². The fraction of sp³-hybridized carbons (Fsp3) is 0.321. The Kier molecular flexibility index (Phi) is 8.23. The SMILES string of the molecule is O=C(c1ccc(O)cc1)C1CCN(CC(O)COC(c2ccc(F)cc2)c2ccc(F)cc2)CC1. The molecule has 0 aliphatic carbocycles. The number of rotatable bonds is 9. The van der Waals surface area contributed by atoms with Gasteiger partial charge in [-0.05, 0) is 85.6 Å². The Bertz CT molecular complexity index is 1050. The predicted molar refractivity (Wildman–Crippen MR) is 128 cm³/mol. The van der Waals surface area contributed by atoms with Gasteiger partial charge < -0.3 is 19.8 Å². The van der Waals surface area contributed by atoms with Crippen LogP contribution in [0.4, 0.5) is 8.78 Å². The monoisotopic (exact) mass is 481 g/mol. The number of carbonyl (C=O) groups is 1. The molecular weight excluding hydrogens is 452 g/mol. The highest BCUT2D eigenvalue weighted by molar-refractivity contribution is 5.98. The number of hydrogen-bond donors (Lipinski definition) is 2. The van der Waals surface area contributed by atoms with Crippen LogP contribution in [0.1, 0.15) is 40.4 Å². The number of phenolic OH excluding ortho intramolecular Hbond substituents is 1. The number of aromatic hydroxyl groups is 1. The van der Waals surface area contributed by atoms with Crippen LogP contribution in [0.3, 0.4) is 0 Å². The van der Waals surface area contributed by atoms with Crippen LogP contribution in [0.15, 0.2) is 72.8 Å². The average molecular weight is 482 g/mol. The van der Waals surface area contributed by atoms with E-state index in [2.05, 4.69) is 4.90 Å². The lowest BCUT2D eigenvalue weighted by Crippen LogP contribution is -2.41. The maximum atomic E-state index is 13.4. The van der Waals surface area contributed by atoms with Gasteiger partial charge in [-0.25, -0.2) is 8.78 Å². The van der Waals surface area contributed by atoms with E-state index in [0.29, 0.717) is 49.2 Å². The summed E-state index contributed by atoms with van der Waals surface area (Å²) < 4.78 is 32.8. The number of halogens is 2. The van der Waals surface area contributed by atoms with Crippen molar-refractivity contribution in [1.29, 1.82) is 0 Å².